The molecule has 1 aliphatic rings. The largest absolute Gasteiger partial charge is 0.396 e. The third kappa shape index (κ3) is 5.63. The molecule has 2 N–H and O–H groups in total. The van der Waals surface area contributed by atoms with E-state index in [0.717, 1.165) is 45.1 Å². The number of rotatable bonds is 8. The van der Waals surface area contributed by atoms with Gasteiger partial charge in [0.15, 0.2) is 0 Å². The summed E-state index contributed by atoms with van der Waals surface area (Å²) in [5.74, 6) is 0.606. The highest BCUT2D eigenvalue weighted by molar-refractivity contribution is 6.30. The number of aliphatic hydroxyl groups excluding tert-OH is 1. The van der Waals surface area contributed by atoms with Gasteiger partial charge in [0.25, 0.3) is 5.91 Å². The van der Waals surface area contributed by atoms with Crippen LogP contribution in [-0.2, 0) is 13.0 Å². The summed E-state index contributed by atoms with van der Waals surface area (Å²) in [5.41, 5.74) is 4.78. The van der Waals surface area contributed by atoms with Crippen LogP contribution in [0.2, 0.25) is 5.02 Å². The molecule has 2 aromatic rings. The third-order valence-electron chi connectivity index (χ3n) is 6.29. The number of amides is 1. The summed E-state index contributed by atoms with van der Waals surface area (Å²) in [6, 6.07) is 14.2. The van der Waals surface area contributed by atoms with Crippen molar-refractivity contribution in [3.63, 3.8) is 0 Å². The van der Waals surface area contributed by atoms with Gasteiger partial charge in [-0.1, -0.05) is 29.8 Å². The number of halogens is 1. The first-order valence-corrected chi connectivity index (χ1v) is 11.3. The van der Waals surface area contributed by atoms with Crippen molar-refractivity contribution in [3.8, 4) is 0 Å². The summed E-state index contributed by atoms with van der Waals surface area (Å²) >= 11 is 5.95. The van der Waals surface area contributed by atoms with Gasteiger partial charge in [-0.25, -0.2) is 0 Å². The molecule has 162 valence electrons. The van der Waals surface area contributed by atoms with Gasteiger partial charge in [-0.15, -0.1) is 0 Å². The molecule has 0 radical (unpaired) electrons. The molecule has 3 rings (SSSR count). The van der Waals surface area contributed by atoms with E-state index in [1.807, 2.05) is 19.0 Å². The lowest BCUT2D eigenvalue weighted by molar-refractivity contribution is 0.0689. The van der Waals surface area contributed by atoms with Crippen molar-refractivity contribution in [2.45, 2.75) is 57.0 Å². The van der Waals surface area contributed by atoms with Crippen molar-refractivity contribution in [1.29, 1.82) is 0 Å². The Morgan fingerprint density at radius 3 is 2.47 bits per heavy atom. The Morgan fingerprint density at radius 2 is 1.83 bits per heavy atom. The highest BCUT2D eigenvalue weighted by atomic mass is 35.5. The second-order valence-electron chi connectivity index (χ2n) is 8.32. The fourth-order valence-corrected chi connectivity index (χ4v) is 4.70. The molecule has 30 heavy (non-hydrogen) atoms. The summed E-state index contributed by atoms with van der Waals surface area (Å²) in [7, 11) is 3.91. The predicted molar refractivity (Wildman–Crippen MR) is 123 cm³/mol. The maximum atomic E-state index is 12.8. The number of benzene rings is 2. The van der Waals surface area contributed by atoms with Crippen LogP contribution in [0.5, 0.6) is 0 Å². The molecule has 0 bridgehead atoms. The van der Waals surface area contributed by atoms with Crippen LogP contribution in [0, 0.1) is 0 Å². The Bertz CT molecular complexity index is 830. The molecule has 5 heteroatoms. The number of aliphatic hydroxyl groups is 1. The second kappa shape index (κ2) is 10.9. The van der Waals surface area contributed by atoms with Crippen LogP contribution < -0.4 is 5.32 Å². The van der Waals surface area contributed by atoms with Gasteiger partial charge >= 0.3 is 0 Å². The standard InChI is InChI=1S/C25H33ClN2O2/c1-27-17-21-16-18(4-3-15-29)5-14-24(21)19-8-12-23(13-9-19)28(2)25(30)20-6-10-22(26)11-7-20/h5-7,10-11,14,16,19,23,27,29H,3-4,8-9,12-13,15,17H2,1-2H3/t19-,23+. The lowest BCUT2D eigenvalue weighted by Gasteiger charge is -2.35. The topological polar surface area (TPSA) is 52.6 Å². The Kier molecular flexibility index (Phi) is 8.32. The molecule has 0 saturated heterocycles. The molecule has 1 amide bonds. The summed E-state index contributed by atoms with van der Waals surface area (Å²) < 4.78 is 0. The highest BCUT2D eigenvalue weighted by Gasteiger charge is 2.28. The normalized spacial score (nSPS) is 18.9. The average Bonchev–Trinajstić information content (AvgIpc) is 2.78. The minimum absolute atomic E-state index is 0.0687. The van der Waals surface area contributed by atoms with Gasteiger partial charge in [0.2, 0.25) is 0 Å². The molecular weight excluding hydrogens is 396 g/mol. The molecule has 0 aliphatic heterocycles. The molecule has 1 aliphatic carbocycles. The van der Waals surface area contributed by atoms with Crippen molar-refractivity contribution < 1.29 is 9.90 Å². The van der Waals surface area contributed by atoms with E-state index in [2.05, 4.69) is 23.5 Å². The monoisotopic (exact) mass is 428 g/mol. The fraction of sp³-hybridized carbons (Fsp3) is 0.480. The van der Waals surface area contributed by atoms with Crippen LogP contribution >= 0.6 is 11.6 Å². The van der Waals surface area contributed by atoms with Gasteiger partial charge in [0.05, 0.1) is 0 Å². The molecule has 2 aromatic carbocycles. The van der Waals surface area contributed by atoms with Crippen LogP contribution in [0.25, 0.3) is 0 Å². The number of hydrogen-bond acceptors (Lipinski definition) is 3. The summed E-state index contributed by atoms with van der Waals surface area (Å²) in [4.78, 5) is 14.7. The zero-order chi connectivity index (χ0) is 21.5. The maximum Gasteiger partial charge on any atom is 0.253 e. The van der Waals surface area contributed by atoms with E-state index in [9.17, 15) is 4.79 Å². The molecule has 0 spiro atoms. The Balaban J connectivity index is 1.64. The predicted octanol–water partition coefficient (Wildman–Crippen LogP) is 4.78. The minimum Gasteiger partial charge on any atom is -0.396 e. The molecule has 1 fully saturated rings. The van der Waals surface area contributed by atoms with Gasteiger partial charge in [-0.05, 0) is 92.4 Å². The summed E-state index contributed by atoms with van der Waals surface area (Å²) in [6.45, 7) is 1.09. The van der Waals surface area contributed by atoms with E-state index < -0.39 is 0 Å². The molecule has 1 saturated carbocycles. The molecule has 4 nitrogen and oxygen atoms in total. The van der Waals surface area contributed by atoms with E-state index in [1.165, 1.54) is 16.7 Å². The molecule has 0 atom stereocenters. The first-order valence-electron chi connectivity index (χ1n) is 10.9. The van der Waals surface area contributed by atoms with E-state index in [4.69, 9.17) is 16.7 Å². The number of nitrogens with zero attached hydrogens (tertiary/aromatic N) is 1. The average molecular weight is 429 g/mol. The highest BCUT2D eigenvalue weighted by Crippen LogP contribution is 2.37. The molecule has 0 heterocycles. The smallest absolute Gasteiger partial charge is 0.253 e. The van der Waals surface area contributed by atoms with E-state index in [0.29, 0.717) is 16.5 Å². The van der Waals surface area contributed by atoms with Gasteiger partial charge in [-0.2, -0.15) is 0 Å². The van der Waals surface area contributed by atoms with Crippen molar-refractivity contribution >= 4 is 17.5 Å². The summed E-state index contributed by atoms with van der Waals surface area (Å²) in [6.07, 6.45) is 5.94. The van der Waals surface area contributed by atoms with Crippen molar-refractivity contribution in [3.05, 3.63) is 69.7 Å². The first kappa shape index (κ1) is 22.8. The maximum absolute atomic E-state index is 12.8. The van der Waals surface area contributed by atoms with Gasteiger partial charge < -0.3 is 15.3 Å². The van der Waals surface area contributed by atoms with Crippen molar-refractivity contribution in [2.24, 2.45) is 0 Å². The van der Waals surface area contributed by atoms with Crippen LogP contribution in [0.4, 0.5) is 0 Å². The number of nitrogens with one attached hydrogen (secondary N) is 1. The Labute approximate surface area is 185 Å². The number of carbonyl (C=O) groups excluding carboxylic acids is 1. The quantitative estimate of drug-likeness (QED) is 0.636. The van der Waals surface area contributed by atoms with E-state index >= 15 is 0 Å². The van der Waals surface area contributed by atoms with Crippen molar-refractivity contribution in [2.75, 3.05) is 20.7 Å². The molecule has 0 unspecified atom stereocenters. The van der Waals surface area contributed by atoms with Crippen LogP contribution in [0.3, 0.4) is 0 Å². The lowest BCUT2D eigenvalue weighted by Crippen LogP contribution is -2.39. The first-order chi connectivity index (χ1) is 14.5. The SMILES string of the molecule is CNCc1cc(CCCO)ccc1[C@H]1CC[C@@H](N(C)C(=O)c2ccc(Cl)cc2)CC1. The van der Waals surface area contributed by atoms with Gasteiger partial charge in [0, 0.05) is 36.8 Å². The van der Waals surface area contributed by atoms with Crippen LogP contribution in [0.15, 0.2) is 42.5 Å². The number of aryl methyl sites for hydroxylation is 1. The second-order valence-corrected chi connectivity index (χ2v) is 8.76. The van der Waals surface area contributed by atoms with Crippen LogP contribution in [-0.4, -0.2) is 42.7 Å². The Hall–Kier alpha value is -1.88. The van der Waals surface area contributed by atoms with Crippen molar-refractivity contribution in [1.82, 2.24) is 10.2 Å². The van der Waals surface area contributed by atoms with E-state index in [1.54, 1.807) is 24.3 Å². The van der Waals surface area contributed by atoms with Gasteiger partial charge in [-0.3, -0.25) is 4.79 Å². The van der Waals surface area contributed by atoms with Crippen LogP contribution in [0.1, 0.15) is 65.1 Å². The zero-order valence-electron chi connectivity index (χ0n) is 18.0. The van der Waals surface area contributed by atoms with E-state index in [-0.39, 0.29) is 18.6 Å². The molecular formula is C25H33ClN2O2. The molecule has 0 aromatic heterocycles. The Morgan fingerprint density at radius 1 is 1.13 bits per heavy atom. The summed E-state index contributed by atoms with van der Waals surface area (Å²) in [5, 5.41) is 13.1. The van der Waals surface area contributed by atoms with Gasteiger partial charge in [0.1, 0.15) is 0 Å². The minimum atomic E-state index is 0.0687. The number of carbonyl (C=O) groups is 1. The zero-order valence-corrected chi connectivity index (χ0v) is 18.8. The fourth-order valence-electron chi connectivity index (χ4n) is 4.58. The lowest BCUT2D eigenvalue weighted by atomic mass is 9.79. The number of hydrogen-bond donors (Lipinski definition) is 2. The third-order valence-corrected chi connectivity index (χ3v) is 6.55.